The van der Waals surface area contributed by atoms with Crippen LogP contribution >= 0.6 is 11.3 Å². The van der Waals surface area contributed by atoms with E-state index in [-0.39, 0.29) is 12.0 Å². The molecule has 158 valence electrons. The molecule has 1 fully saturated rings. The predicted molar refractivity (Wildman–Crippen MR) is 121 cm³/mol. The van der Waals surface area contributed by atoms with Crippen LogP contribution < -0.4 is 4.90 Å². The summed E-state index contributed by atoms with van der Waals surface area (Å²) < 4.78 is 7.77. The van der Waals surface area contributed by atoms with Gasteiger partial charge in [-0.2, -0.15) is 5.10 Å². The van der Waals surface area contributed by atoms with Gasteiger partial charge in [0.05, 0.1) is 23.2 Å². The zero-order valence-corrected chi connectivity index (χ0v) is 18.6. The number of benzene rings is 1. The van der Waals surface area contributed by atoms with E-state index in [1.54, 1.807) is 0 Å². The van der Waals surface area contributed by atoms with E-state index in [1.807, 2.05) is 66.4 Å². The first-order valence-electron chi connectivity index (χ1n) is 10.3. The van der Waals surface area contributed by atoms with E-state index >= 15 is 0 Å². The molecule has 7 heteroatoms. The molecule has 0 saturated carbocycles. The van der Waals surface area contributed by atoms with Crippen LogP contribution in [0.4, 0.5) is 5.82 Å². The molecule has 2 aromatic heterocycles. The molecule has 0 radical (unpaired) electrons. The first kappa shape index (κ1) is 20.6. The highest BCUT2D eigenvalue weighted by Gasteiger charge is 2.28. The summed E-state index contributed by atoms with van der Waals surface area (Å²) in [5, 5.41) is 6.76. The van der Waals surface area contributed by atoms with Crippen LogP contribution in [-0.2, 0) is 18.3 Å². The minimum atomic E-state index is 0.0491. The summed E-state index contributed by atoms with van der Waals surface area (Å²) >= 11 is 1.48. The van der Waals surface area contributed by atoms with Gasteiger partial charge in [0.2, 0.25) is 0 Å². The second-order valence-corrected chi connectivity index (χ2v) is 8.78. The van der Waals surface area contributed by atoms with E-state index in [2.05, 4.69) is 17.0 Å². The molecule has 0 aliphatic carbocycles. The lowest BCUT2D eigenvalue weighted by molar-refractivity contribution is 0.0511. The van der Waals surface area contributed by atoms with Gasteiger partial charge in [-0.1, -0.05) is 36.4 Å². The summed E-state index contributed by atoms with van der Waals surface area (Å²) in [6.07, 6.45) is 2.14. The van der Waals surface area contributed by atoms with Gasteiger partial charge >= 0.3 is 0 Å². The fraction of sp³-hybridized carbons (Fsp3) is 0.391. The molecule has 0 bridgehead atoms. The van der Waals surface area contributed by atoms with Gasteiger partial charge < -0.3 is 14.5 Å². The summed E-state index contributed by atoms with van der Waals surface area (Å²) in [5.74, 6) is 1.05. The van der Waals surface area contributed by atoms with Crippen molar-refractivity contribution in [3.8, 4) is 11.3 Å². The number of aryl methyl sites for hydroxylation is 1. The molecule has 1 aromatic carbocycles. The quantitative estimate of drug-likeness (QED) is 0.575. The third kappa shape index (κ3) is 4.27. The third-order valence-electron chi connectivity index (χ3n) is 5.40. The maximum atomic E-state index is 13.4. The van der Waals surface area contributed by atoms with Crippen LogP contribution in [0.2, 0.25) is 0 Å². The normalized spacial score (nSPS) is 16.0. The number of carbonyl (C=O) groups excluding carboxylic acids is 1. The van der Waals surface area contributed by atoms with Crippen LogP contribution in [0, 0.1) is 0 Å². The molecular weight excluding hydrogens is 396 g/mol. The van der Waals surface area contributed by atoms with Gasteiger partial charge in [-0.3, -0.25) is 9.48 Å². The standard InChI is InChI=1S/C23H28N4O2S/c1-25(2)22-19(21(24-26(22)3)17-9-5-4-6-10-17)16-27(15-18-11-7-13-29-18)23(28)20-12-8-14-30-20/h4-6,8-10,12,14,18H,7,11,13,15-16H2,1-3H3/t18-/m0/s1. The number of rotatable bonds is 7. The first-order chi connectivity index (χ1) is 14.5. The van der Waals surface area contributed by atoms with Crippen LogP contribution in [0.1, 0.15) is 28.1 Å². The molecule has 6 nitrogen and oxygen atoms in total. The van der Waals surface area contributed by atoms with E-state index < -0.39 is 0 Å². The minimum Gasteiger partial charge on any atom is -0.376 e. The zero-order valence-electron chi connectivity index (χ0n) is 17.7. The molecule has 3 aromatic rings. The minimum absolute atomic E-state index is 0.0491. The van der Waals surface area contributed by atoms with Crippen molar-refractivity contribution < 1.29 is 9.53 Å². The van der Waals surface area contributed by atoms with Gasteiger partial charge in [0.25, 0.3) is 5.91 Å². The Hall–Kier alpha value is -2.64. The Morgan fingerprint density at radius 2 is 2.03 bits per heavy atom. The lowest BCUT2D eigenvalue weighted by atomic mass is 10.1. The second kappa shape index (κ2) is 9.02. The fourth-order valence-electron chi connectivity index (χ4n) is 4.09. The predicted octanol–water partition coefficient (Wildman–Crippen LogP) is 4.04. The topological polar surface area (TPSA) is 50.6 Å². The summed E-state index contributed by atoms with van der Waals surface area (Å²) in [6.45, 7) is 1.85. The Kier molecular flexibility index (Phi) is 6.20. The van der Waals surface area contributed by atoms with E-state index in [1.165, 1.54) is 11.3 Å². The van der Waals surface area contributed by atoms with Gasteiger partial charge in [-0.15, -0.1) is 11.3 Å². The Morgan fingerprint density at radius 1 is 1.23 bits per heavy atom. The molecule has 4 rings (SSSR count). The van der Waals surface area contributed by atoms with Crippen molar-refractivity contribution in [3.63, 3.8) is 0 Å². The second-order valence-electron chi connectivity index (χ2n) is 7.83. The molecule has 1 aliphatic rings. The third-order valence-corrected chi connectivity index (χ3v) is 6.26. The van der Waals surface area contributed by atoms with E-state index in [0.29, 0.717) is 13.1 Å². The maximum absolute atomic E-state index is 13.4. The number of nitrogens with zero attached hydrogens (tertiary/aromatic N) is 4. The monoisotopic (exact) mass is 424 g/mol. The average Bonchev–Trinajstić information content (AvgIpc) is 3.49. The van der Waals surface area contributed by atoms with E-state index in [9.17, 15) is 4.79 Å². The maximum Gasteiger partial charge on any atom is 0.264 e. The van der Waals surface area contributed by atoms with Crippen molar-refractivity contribution >= 4 is 23.1 Å². The van der Waals surface area contributed by atoms with Crippen LogP contribution in [0.3, 0.4) is 0 Å². The highest BCUT2D eigenvalue weighted by molar-refractivity contribution is 7.12. The number of anilines is 1. The lowest BCUT2D eigenvalue weighted by Crippen LogP contribution is -2.37. The van der Waals surface area contributed by atoms with Crippen LogP contribution in [0.25, 0.3) is 11.3 Å². The smallest absolute Gasteiger partial charge is 0.264 e. The largest absolute Gasteiger partial charge is 0.376 e. The number of hydrogen-bond donors (Lipinski definition) is 0. The summed E-state index contributed by atoms with van der Waals surface area (Å²) in [7, 11) is 5.98. The Morgan fingerprint density at radius 3 is 2.67 bits per heavy atom. The molecular formula is C23H28N4O2S. The molecule has 1 amide bonds. The van der Waals surface area contributed by atoms with Crippen molar-refractivity contribution in [3.05, 3.63) is 58.3 Å². The number of thiophene rings is 1. The molecule has 30 heavy (non-hydrogen) atoms. The van der Waals surface area contributed by atoms with Crippen LogP contribution in [0.5, 0.6) is 0 Å². The Balaban J connectivity index is 1.73. The average molecular weight is 425 g/mol. The number of ether oxygens (including phenoxy) is 1. The van der Waals surface area contributed by atoms with Gasteiger partial charge in [0.15, 0.2) is 0 Å². The van der Waals surface area contributed by atoms with E-state index in [0.717, 1.165) is 47.0 Å². The highest BCUT2D eigenvalue weighted by Crippen LogP contribution is 2.32. The molecule has 1 aliphatic heterocycles. The van der Waals surface area contributed by atoms with Gasteiger partial charge in [0.1, 0.15) is 5.82 Å². The van der Waals surface area contributed by atoms with Crippen LogP contribution in [0.15, 0.2) is 47.8 Å². The van der Waals surface area contributed by atoms with Crippen molar-refractivity contribution in [2.24, 2.45) is 7.05 Å². The lowest BCUT2D eigenvalue weighted by Gasteiger charge is -2.26. The molecule has 0 spiro atoms. The SMILES string of the molecule is CN(C)c1c(CN(C[C@@H]2CCCO2)C(=O)c2cccs2)c(-c2ccccc2)nn1C. The number of aromatic nitrogens is 2. The fourth-order valence-corrected chi connectivity index (χ4v) is 4.78. The molecule has 0 unspecified atom stereocenters. The number of hydrogen-bond acceptors (Lipinski definition) is 5. The Bertz CT molecular complexity index is 976. The van der Waals surface area contributed by atoms with Crippen molar-refractivity contribution in [1.82, 2.24) is 14.7 Å². The van der Waals surface area contributed by atoms with Gasteiger partial charge in [-0.05, 0) is 24.3 Å². The number of amides is 1. The highest BCUT2D eigenvalue weighted by atomic mass is 32.1. The number of carbonyl (C=O) groups is 1. The first-order valence-corrected chi connectivity index (χ1v) is 11.2. The van der Waals surface area contributed by atoms with Gasteiger partial charge in [0, 0.05) is 45.4 Å². The molecule has 1 atom stereocenters. The summed E-state index contributed by atoms with van der Waals surface area (Å²) in [6, 6.07) is 14.0. The van der Waals surface area contributed by atoms with Gasteiger partial charge in [-0.25, -0.2) is 0 Å². The molecule has 0 N–H and O–H groups in total. The Labute approximate surface area is 181 Å². The molecule has 1 saturated heterocycles. The summed E-state index contributed by atoms with van der Waals surface area (Å²) in [5.41, 5.74) is 3.02. The van der Waals surface area contributed by atoms with Crippen molar-refractivity contribution in [2.45, 2.75) is 25.5 Å². The summed E-state index contributed by atoms with van der Waals surface area (Å²) in [4.78, 5) is 18.1. The van der Waals surface area contributed by atoms with E-state index in [4.69, 9.17) is 9.84 Å². The van der Waals surface area contributed by atoms with Crippen molar-refractivity contribution in [1.29, 1.82) is 0 Å². The molecule has 3 heterocycles. The van der Waals surface area contributed by atoms with Crippen molar-refractivity contribution in [2.75, 3.05) is 32.1 Å². The zero-order chi connectivity index (χ0) is 21.1. The van der Waals surface area contributed by atoms with Crippen LogP contribution in [-0.4, -0.2) is 53.9 Å².